The third-order valence-corrected chi connectivity index (χ3v) is 2.90. The van der Waals surface area contributed by atoms with Crippen LogP contribution in [0.2, 0.25) is 0 Å². The van der Waals surface area contributed by atoms with Crippen LogP contribution in [0.5, 0.6) is 0 Å². The number of nitrogens with zero attached hydrogens (tertiary/aromatic N) is 1. The third kappa shape index (κ3) is 2.41. The zero-order valence-electron chi connectivity index (χ0n) is 8.03. The van der Waals surface area contributed by atoms with Gasteiger partial charge >= 0.3 is 5.88 Å². The summed E-state index contributed by atoms with van der Waals surface area (Å²) in [5, 5.41) is 12.3. The van der Waals surface area contributed by atoms with Gasteiger partial charge in [-0.05, 0) is 17.5 Å². The molecule has 0 amide bonds. The average molecular weight is 261 g/mol. The molecule has 2 aromatic heterocycles. The molecule has 86 valence electrons. The van der Waals surface area contributed by atoms with Gasteiger partial charge in [-0.1, -0.05) is 6.07 Å². The first kappa shape index (κ1) is 12.7. The molecule has 0 unspecified atom stereocenters. The van der Waals surface area contributed by atoms with Crippen LogP contribution in [0.4, 0.5) is 5.88 Å². The van der Waals surface area contributed by atoms with Crippen molar-refractivity contribution >= 4 is 29.6 Å². The first-order valence-corrected chi connectivity index (χ1v) is 5.09. The minimum absolute atomic E-state index is 0. The van der Waals surface area contributed by atoms with Crippen molar-refractivity contribution in [2.75, 3.05) is 0 Å². The molecule has 0 aromatic carbocycles. The maximum absolute atomic E-state index is 10.4. The van der Waals surface area contributed by atoms with E-state index in [4.69, 9.17) is 10.2 Å². The van der Waals surface area contributed by atoms with Crippen LogP contribution >= 0.6 is 23.7 Å². The number of nitrogens with two attached hydrogens (primary N) is 1. The fourth-order valence-electron chi connectivity index (χ4n) is 1.22. The smallest absolute Gasteiger partial charge is 0.404 e. The summed E-state index contributed by atoms with van der Waals surface area (Å²) in [5.41, 5.74) is 5.87. The SMILES string of the molecule is Cl.N[C@@H](c1ccc([N+](=O)[O-])o1)c1cccs1. The van der Waals surface area contributed by atoms with Crippen LogP contribution < -0.4 is 5.73 Å². The van der Waals surface area contributed by atoms with E-state index in [2.05, 4.69) is 0 Å². The predicted octanol–water partition coefficient (Wildman–Crippen LogP) is 2.72. The molecule has 0 radical (unpaired) electrons. The second-order valence-electron chi connectivity index (χ2n) is 2.93. The topological polar surface area (TPSA) is 82.3 Å². The highest BCUT2D eigenvalue weighted by molar-refractivity contribution is 7.10. The van der Waals surface area contributed by atoms with Gasteiger partial charge in [0.1, 0.15) is 10.7 Å². The lowest BCUT2D eigenvalue weighted by Gasteiger charge is -2.03. The molecule has 5 nitrogen and oxygen atoms in total. The molecule has 1 atom stereocenters. The Hall–Kier alpha value is -1.37. The Kier molecular flexibility index (Phi) is 4.05. The summed E-state index contributed by atoms with van der Waals surface area (Å²) in [6, 6.07) is 6.14. The first-order valence-electron chi connectivity index (χ1n) is 4.21. The van der Waals surface area contributed by atoms with Crippen molar-refractivity contribution in [3.8, 4) is 0 Å². The summed E-state index contributed by atoms with van der Waals surface area (Å²) in [6.07, 6.45) is 0. The second kappa shape index (κ2) is 5.11. The van der Waals surface area contributed by atoms with E-state index in [9.17, 15) is 10.1 Å². The Morgan fingerprint density at radius 1 is 1.44 bits per heavy atom. The second-order valence-corrected chi connectivity index (χ2v) is 3.91. The van der Waals surface area contributed by atoms with Crippen molar-refractivity contribution in [3.63, 3.8) is 0 Å². The van der Waals surface area contributed by atoms with E-state index in [0.29, 0.717) is 5.76 Å². The number of thiophene rings is 1. The normalized spacial score (nSPS) is 11.8. The van der Waals surface area contributed by atoms with Gasteiger partial charge in [0.25, 0.3) is 0 Å². The van der Waals surface area contributed by atoms with Crippen LogP contribution in [-0.2, 0) is 0 Å². The Morgan fingerprint density at radius 2 is 2.19 bits per heavy atom. The minimum Gasteiger partial charge on any atom is -0.404 e. The molecular formula is C9H9ClN2O3S. The van der Waals surface area contributed by atoms with Gasteiger partial charge in [-0.25, -0.2) is 0 Å². The molecule has 0 spiro atoms. The quantitative estimate of drug-likeness (QED) is 0.679. The molecule has 0 bridgehead atoms. The van der Waals surface area contributed by atoms with Crippen molar-refractivity contribution in [2.24, 2.45) is 5.73 Å². The summed E-state index contributed by atoms with van der Waals surface area (Å²) in [4.78, 5) is 10.7. The highest BCUT2D eigenvalue weighted by atomic mass is 35.5. The van der Waals surface area contributed by atoms with E-state index in [1.165, 1.54) is 23.5 Å². The largest absolute Gasteiger partial charge is 0.433 e. The van der Waals surface area contributed by atoms with Crippen LogP contribution in [-0.4, -0.2) is 4.92 Å². The molecule has 0 aliphatic carbocycles. The van der Waals surface area contributed by atoms with Crippen LogP contribution in [0.1, 0.15) is 16.7 Å². The summed E-state index contributed by atoms with van der Waals surface area (Å²) in [5.74, 6) is 0.126. The Labute approximate surface area is 101 Å². The standard InChI is InChI=1S/C9H8N2O3S.ClH/c10-9(7-2-1-5-15-7)6-3-4-8(14-6)11(12)13;/h1-5,9H,10H2;1H/t9-;/m0./s1. The highest BCUT2D eigenvalue weighted by Crippen LogP contribution is 2.27. The van der Waals surface area contributed by atoms with Crippen LogP contribution in [0.3, 0.4) is 0 Å². The van der Waals surface area contributed by atoms with Gasteiger partial charge in [-0.2, -0.15) is 0 Å². The van der Waals surface area contributed by atoms with Crippen molar-refractivity contribution < 1.29 is 9.34 Å². The Morgan fingerprint density at radius 3 is 2.69 bits per heavy atom. The number of halogens is 1. The predicted molar refractivity (Wildman–Crippen MR) is 63.0 cm³/mol. The number of hydrogen-bond donors (Lipinski definition) is 1. The molecule has 2 rings (SSSR count). The fraction of sp³-hybridized carbons (Fsp3) is 0.111. The maximum atomic E-state index is 10.4. The average Bonchev–Trinajstić information content (AvgIpc) is 2.88. The lowest BCUT2D eigenvalue weighted by Crippen LogP contribution is -2.08. The number of rotatable bonds is 3. The Balaban J connectivity index is 0.00000128. The molecule has 0 aliphatic heterocycles. The van der Waals surface area contributed by atoms with Crippen molar-refractivity contribution in [3.05, 3.63) is 50.4 Å². The van der Waals surface area contributed by atoms with Gasteiger partial charge in [0.05, 0.1) is 12.1 Å². The van der Waals surface area contributed by atoms with Crippen molar-refractivity contribution in [1.82, 2.24) is 0 Å². The molecule has 0 saturated carbocycles. The molecule has 7 heteroatoms. The molecule has 0 saturated heterocycles. The van der Waals surface area contributed by atoms with Crippen LogP contribution in [0.25, 0.3) is 0 Å². The number of furan rings is 1. The minimum atomic E-state index is -0.579. The number of nitro groups is 1. The molecular weight excluding hydrogens is 252 g/mol. The van der Waals surface area contributed by atoms with E-state index in [1.54, 1.807) is 0 Å². The number of hydrogen-bond acceptors (Lipinski definition) is 5. The van der Waals surface area contributed by atoms with E-state index in [0.717, 1.165) is 4.88 Å². The van der Waals surface area contributed by atoms with E-state index in [-0.39, 0.29) is 18.3 Å². The molecule has 0 aliphatic rings. The molecule has 2 N–H and O–H groups in total. The summed E-state index contributed by atoms with van der Waals surface area (Å²) >= 11 is 1.49. The third-order valence-electron chi connectivity index (χ3n) is 1.95. The Bertz CT molecular complexity index is 469. The van der Waals surface area contributed by atoms with Gasteiger partial charge in [0.15, 0.2) is 0 Å². The highest BCUT2D eigenvalue weighted by Gasteiger charge is 2.18. The van der Waals surface area contributed by atoms with Crippen molar-refractivity contribution in [1.29, 1.82) is 0 Å². The van der Waals surface area contributed by atoms with E-state index >= 15 is 0 Å². The van der Waals surface area contributed by atoms with Gasteiger partial charge in [0.2, 0.25) is 0 Å². The zero-order valence-corrected chi connectivity index (χ0v) is 9.66. The lowest BCUT2D eigenvalue weighted by molar-refractivity contribution is -0.402. The van der Waals surface area contributed by atoms with Gasteiger partial charge in [-0.3, -0.25) is 10.1 Å². The fourth-order valence-corrected chi connectivity index (χ4v) is 1.95. The summed E-state index contributed by atoms with van der Waals surface area (Å²) in [7, 11) is 0. The van der Waals surface area contributed by atoms with Gasteiger partial charge in [-0.15, -0.1) is 23.7 Å². The summed E-state index contributed by atoms with van der Waals surface area (Å²) < 4.78 is 5.01. The maximum Gasteiger partial charge on any atom is 0.433 e. The first-order chi connectivity index (χ1) is 7.18. The molecule has 16 heavy (non-hydrogen) atoms. The lowest BCUT2D eigenvalue weighted by atomic mass is 10.2. The van der Waals surface area contributed by atoms with E-state index in [1.807, 2.05) is 17.5 Å². The van der Waals surface area contributed by atoms with Crippen molar-refractivity contribution in [2.45, 2.75) is 6.04 Å². The van der Waals surface area contributed by atoms with Gasteiger partial charge < -0.3 is 10.2 Å². The summed E-state index contributed by atoms with van der Waals surface area (Å²) in [6.45, 7) is 0. The van der Waals surface area contributed by atoms with Gasteiger partial charge in [0, 0.05) is 4.88 Å². The zero-order chi connectivity index (χ0) is 10.8. The van der Waals surface area contributed by atoms with Crippen LogP contribution in [0, 0.1) is 10.1 Å². The molecule has 2 heterocycles. The van der Waals surface area contributed by atoms with Crippen LogP contribution in [0.15, 0.2) is 34.1 Å². The van der Waals surface area contributed by atoms with E-state index < -0.39 is 11.0 Å². The monoisotopic (exact) mass is 260 g/mol. The molecule has 0 fully saturated rings. The molecule has 2 aromatic rings.